The maximum atomic E-state index is 15.2. The first-order valence-corrected chi connectivity index (χ1v) is 11.2. The van der Waals surface area contributed by atoms with Crippen molar-refractivity contribution in [2.24, 2.45) is 0 Å². The molecular formula is C30H21F5O. The Bertz CT molecular complexity index is 1450. The average Bonchev–Trinajstić information content (AvgIpc) is 2.86. The summed E-state index contributed by atoms with van der Waals surface area (Å²) in [4.78, 5) is 0. The molecule has 0 aliphatic carbocycles. The molecule has 4 rings (SSSR count). The monoisotopic (exact) mass is 492 g/mol. The van der Waals surface area contributed by atoms with Crippen LogP contribution in [0.15, 0.2) is 78.9 Å². The van der Waals surface area contributed by atoms with Gasteiger partial charge in [0.05, 0.1) is 0 Å². The van der Waals surface area contributed by atoms with Crippen molar-refractivity contribution < 1.29 is 26.7 Å². The van der Waals surface area contributed by atoms with Crippen LogP contribution in [0.2, 0.25) is 0 Å². The molecule has 4 aromatic rings. The summed E-state index contributed by atoms with van der Waals surface area (Å²) in [7, 11) is 0. The van der Waals surface area contributed by atoms with E-state index in [1.165, 1.54) is 11.6 Å². The Morgan fingerprint density at radius 1 is 0.833 bits per heavy atom. The smallest absolute Gasteiger partial charge is 0.387 e. The lowest BCUT2D eigenvalue weighted by molar-refractivity contribution is -0.0546. The second kappa shape index (κ2) is 11.1. The number of halogens is 5. The van der Waals surface area contributed by atoms with Gasteiger partial charge in [0.15, 0.2) is 17.4 Å². The van der Waals surface area contributed by atoms with Gasteiger partial charge in [-0.15, -0.1) is 0 Å². The van der Waals surface area contributed by atoms with Gasteiger partial charge in [-0.2, -0.15) is 8.78 Å². The summed E-state index contributed by atoms with van der Waals surface area (Å²) in [6.45, 7) is -1.39. The van der Waals surface area contributed by atoms with Crippen LogP contribution in [0.25, 0.3) is 21.9 Å². The fourth-order valence-corrected chi connectivity index (χ4v) is 3.83. The number of fused-ring (bicyclic) bond motifs is 1. The molecule has 0 N–H and O–H groups in total. The van der Waals surface area contributed by atoms with Crippen LogP contribution < -0.4 is 4.74 Å². The van der Waals surface area contributed by atoms with Crippen molar-refractivity contribution in [3.63, 3.8) is 0 Å². The molecule has 0 bridgehead atoms. The molecule has 182 valence electrons. The number of hydrogen-bond donors (Lipinski definition) is 0. The quantitative estimate of drug-likeness (QED) is 0.149. The van der Waals surface area contributed by atoms with E-state index in [-0.39, 0.29) is 16.5 Å². The first kappa shape index (κ1) is 25.0. The van der Waals surface area contributed by atoms with Crippen LogP contribution in [-0.4, -0.2) is 6.61 Å². The summed E-state index contributed by atoms with van der Waals surface area (Å²) in [5.41, 5.74) is 2.56. The van der Waals surface area contributed by atoms with Crippen LogP contribution in [0.4, 0.5) is 22.0 Å². The number of aryl methyl sites for hydroxylation is 1. The van der Waals surface area contributed by atoms with E-state index in [4.69, 9.17) is 0 Å². The number of allylic oxidation sites excluding steroid dienone is 2. The highest BCUT2D eigenvalue weighted by atomic mass is 19.3. The van der Waals surface area contributed by atoms with Gasteiger partial charge >= 0.3 is 6.61 Å². The van der Waals surface area contributed by atoms with Crippen LogP contribution in [0.3, 0.4) is 0 Å². The molecule has 0 atom stereocenters. The van der Waals surface area contributed by atoms with E-state index in [0.717, 1.165) is 30.5 Å². The summed E-state index contributed by atoms with van der Waals surface area (Å²) < 4.78 is 72.1. The van der Waals surface area contributed by atoms with Crippen molar-refractivity contribution in [3.05, 3.63) is 113 Å². The van der Waals surface area contributed by atoms with Gasteiger partial charge < -0.3 is 4.74 Å². The zero-order valence-corrected chi connectivity index (χ0v) is 19.3. The normalized spacial score (nSPS) is 11.2. The highest BCUT2D eigenvalue weighted by Crippen LogP contribution is 2.34. The molecule has 1 nitrogen and oxygen atoms in total. The molecule has 0 spiro atoms. The van der Waals surface area contributed by atoms with Crippen LogP contribution in [0.1, 0.15) is 30.0 Å². The first-order valence-electron chi connectivity index (χ1n) is 11.2. The number of ether oxygens (including phenoxy) is 1. The molecule has 36 heavy (non-hydrogen) atoms. The summed E-state index contributed by atoms with van der Waals surface area (Å²) in [5, 5.41) is 0.790. The molecular weight excluding hydrogens is 471 g/mol. The van der Waals surface area contributed by atoms with Crippen LogP contribution >= 0.6 is 0 Å². The van der Waals surface area contributed by atoms with Gasteiger partial charge in [0.1, 0.15) is 5.82 Å². The van der Waals surface area contributed by atoms with E-state index in [1.54, 1.807) is 24.3 Å². The van der Waals surface area contributed by atoms with Crippen LogP contribution in [0.5, 0.6) is 5.75 Å². The van der Waals surface area contributed by atoms with Crippen LogP contribution in [0, 0.1) is 29.3 Å². The zero-order valence-electron chi connectivity index (χ0n) is 19.3. The van der Waals surface area contributed by atoms with Crippen molar-refractivity contribution in [1.82, 2.24) is 0 Å². The summed E-state index contributed by atoms with van der Waals surface area (Å²) in [6, 6.07) is 17.4. The molecule has 0 aliphatic rings. The minimum absolute atomic E-state index is 0.0720. The standard InChI is InChI=1S/C30H21F5O/c1-2-3-4-5-19-6-8-20(9-7-19)10-11-21-12-14-24-22(16-21)13-15-25(28(24)33)23-17-26(31)29(27(32)18-23)36-30(34)35/h2-3,6-9,12-18,30H,4-5H2,1H3/b3-2+. The van der Waals surface area contributed by atoms with Gasteiger partial charge in [-0.1, -0.05) is 54.3 Å². The Morgan fingerprint density at radius 3 is 2.17 bits per heavy atom. The molecule has 0 saturated carbocycles. The average molecular weight is 492 g/mol. The Balaban J connectivity index is 1.58. The number of hydrogen-bond acceptors (Lipinski definition) is 1. The number of rotatable bonds is 6. The highest BCUT2D eigenvalue weighted by molar-refractivity contribution is 5.89. The molecule has 0 unspecified atom stereocenters. The first-order chi connectivity index (χ1) is 17.4. The fraction of sp³-hybridized carbons (Fsp3) is 0.133. The molecule has 0 amide bonds. The number of benzene rings is 4. The van der Waals surface area contributed by atoms with Gasteiger partial charge in [0, 0.05) is 22.1 Å². The van der Waals surface area contributed by atoms with Crippen molar-refractivity contribution in [3.8, 4) is 28.7 Å². The molecule has 4 aromatic carbocycles. The Kier molecular flexibility index (Phi) is 7.70. The lowest BCUT2D eigenvalue weighted by Gasteiger charge is -2.11. The van der Waals surface area contributed by atoms with E-state index >= 15 is 4.39 Å². The second-order valence-electron chi connectivity index (χ2n) is 8.07. The minimum atomic E-state index is -3.39. The molecule has 6 heteroatoms. The molecule has 0 heterocycles. The third-order valence-corrected chi connectivity index (χ3v) is 5.61. The van der Waals surface area contributed by atoms with Gasteiger partial charge in [0.25, 0.3) is 0 Å². The third kappa shape index (κ3) is 5.75. The predicted octanol–water partition coefficient (Wildman–Crippen LogP) is 8.43. The number of alkyl halides is 2. The van der Waals surface area contributed by atoms with Gasteiger partial charge in [0.2, 0.25) is 0 Å². The minimum Gasteiger partial charge on any atom is -0.429 e. The van der Waals surface area contributed by atoms with Crippen molar-refractivity contribution in [2.45, 2.75) is 26.4 Å². The lowest BCUT2D eigenvalue weighted by Crippen LogP contribution is -2.06. The predicted molar refractivity (Wildman–Crippen MR) is 131 cm³/mol. The molecule has 0 saturated heterocycles. The zero-order chi connectivity index (χ0) is 25.7. The maximum Gasteiger partial charge on any atom is 0.387 e. The topological polar surface area (TPSA) is 9.23 Å². The van der Waals surface area contributed by atoms with Crippen LogP contribution in [-0.2, 0) is 6.42 Å². The van der Waals surface area contributed by atoms with E-state index in [2.05, 4.69) is 22.7 Å². The van der Waals surface area contributed by atoms with E-state index < -0.39 is 29.8 Å². The van der Waals surface area contributed by atoms with Gasteiger partial charge in [-0.05, 0) is 72.7 Å². The molecule has 0 aromatic heterocycles. The van der Waals surface area contributed by atoms with Gasteiger partial charge in [-0.25, -0.2) is 13.2 Å². The summed E-state index contributed by atoms with van der Waals surface area (Å²) in [6.07, 6.45) is 6.10. The molecule has 0 fully saturated rings. The lowest BCUT2D eigenvalue weighted by atomic mass is 9.98. The largest absolute Gasteiger partial charge is 0.429 e. The Morgan fingerprint density at radius 2 is 1.50 bits per heavy atom. The van der Waals surface area contributed by atoms with Gasteiger partial charge in [-0.3, -0.25) is 0 Å². The molecule has 0 aliphatic heterocycles. The van der Waals surface area contributed by atoms with E-state index in [1.807, 2.05) is 37.3 Å². The van der Waals surface area contributed by atoms with Crippen molar-refractivity contribution >= 4 is 10.8 Å². The summed E-state index contributed by atoms with van der Waals surface area (Å²) in [5.74, 6) is 1.57. The maximum absolute atomic E-state index is 15.2. The Labute approximate surface area is 205 Å². The van der Waals surface area contributed by atoms with Crippen molar-refractivity contribution in [1.29, 1.82) is 0 Å². The molecule has 0 radical (unpaired) electrons. The second-order valence-corrected chi connectivity index (χ2v) is 8.07. The summed E-state index contributed by atoms with van der Waals surface area (Å²) >= 11 is 0. The Hall–Kier alpha value is -4.11. The van der Waals surface area contributed by atoms with Crippen molar-refractivity contribution in [2.75, 3.05) is 0 Å². The van der Waals surface area contributed by atoms with E-state index in [0.29, 0.717) is 10.9 Å². The van der Waals surface area contributed by atoms with E-state index in [9.17, 15) is 17.6 Å². The highest BCUT2D eigenvalue weighted by Gasteiger charge is 2.19. The SMILES string of the molecule is C/C=C/CCc1ccc(C#Cc2ccc3c(F)c(-c4cc(F)c(OC(F)F)c(F)c4)ccc3c2)cc1. The fourth-order valence-electron chi connectivity index (χ4n) is 3.83. The third-order valence-electron chi connectivity index (χ3n) is 5.61.